The third-order valence-electron chi connectivity index (χ3n) is 5.83. The van der Waals surface area contributed by atoms with Gasteiger partial charge in [0.1, 0.15) is 17.0 Å². The predicted octanol–water partition coefficient (Wildman–Crippen LogP) is 1.98. The van der Waals surface area contributed by atoms with Crippen molar-refractivity contribution in [2.24, 2.45) is 0 Å². The van der Waals surface area contributed by atoms with Crippen molar-refractivity contribution in [3.63, 3.8) is 0 Å². The fourth-order valence-electron chi connectivity index (χ4n) is 3.91. The van der Waals surface area contributed by atoms with Gasteiger partial charge in [0, 0.05) is 11.8 Å². The van der Waals surface area contributed by atoms with Crippen LogP contribution in [-0.4, -0.2) is 44.2 Å². The summed E-state index contributed by atoms with van der Waals surface area (Å²) in [4.78, 5) is 12.5. The van der Waals surface area contributed by atoms with Crippen LogP contribution < -0.4 is 17.2 Å². The van der Waals surface area contributed by atoms with Gasteiger partial charge in [-0.15, -0.1) is 0 Å². The minimum Gasteiger partial charge on any atom is -0.424 e. The molecule has 31 heavy (non-hydrogen) atoms. The molecule has 1 aromatic carbocycles. The molecule has 12 heteroatoms. The molecule has 0 bridgehead atoms. The molecule has 0 fully saturated rings. The number of benzene rings is 1. The monoisotopic (exact) mass is 444 g/mol. The Bertz CT molecular complexity index is 1400. The largest absolute Gasteiger partial charge is 0.424 e. The lowest BCUT2D eigenvalue weighted by Crippen LogP contribution is -2.41. The molecule has 0 aliphatic rings. The number of rotatable bonds is 6. The van der Waals surface area contributed by atoms with Crippen LogP contribution in [0.1, 0.15) is 26.7 Å². The first kappa shape index (κ1) is 20.8. The van der Waals surface area contributed by atoms with Crippen LogP contribution in [-0.2, 0) is 16.4 Å². The summed E-state index contributed by atoms with van der Waals surface area (Å²) in [5.41, 5.74) is 20.3. The molecule has 0 unspecified atom stereocenters. The maximum Gasteiger partial charge on any atom is 0.292 e. The van der Waals surface area contributed by atoms with Gasteiger partial charge in [0.2, 0.25) is 5.95 Å². The van der Waals surface area contributed by atoms with Crippen molar-refractivity contribution in [3.8, 4) is 11.3 Å². The van der Waals surface area contributed by atoms with Crippen molar-refractivity contribution < 1.29 is 12.8 Å². The Balaban J connectivity index is 1.97. The summed E-state index contributed by atoms with van der Waals surface area (Å²) in [7, 11) is -3.40. The van der Waals surface area contributed by atoms with E-state index in [1.54, 1.807) is 22.9 Å². The van der Waals surface area contributed by atoms with Crippen molar-refractivity contribution in [1.82, 2.24) is 24.7 Å². The van der Waals surface area contributed by atoms with Gasteiger partial charge in [-0.1, -0.05) is 13.8 Å². The fourth-order valence-corrected chi connectivity index (χ4v) is 5.31. The molecule has 11 nitrogen and oxygen atoms in total. The Morgan fingerprint density at radius 3 is 2.45 bits per heavy atom. The van der Waals surface area contributed by atoms with Gasteiger partial charge in [-0.2, -0.15) is 20.1 Å². The second-order valence-electron chi connectivity index (χ2n) is 7.57. The highest BCUT2D eigenvalue weighted by Gasteiger charge is 2.39. The van der Waals surface area contributed by atoms with Gasteiger partial charge in [0.05, 0.1) is 16.7 Å². The molecule has 0 saturated carbocycles. The maximum atomic E-state index is 12.7. The molecule has 0 aliphatic heterocycles. The van der Waals surface area contributed by atoms with Gasteiger partial charge in [-0.3, -0.25) is 0 Å². The SMILES string of the molecule is CCC(CC)(Cn1nc(-c2ccc3oc(N)nc3c2)c2c(N)nc(N)nc21)S(C)(=O)=O. The van der Waals surface area contributed by atoms with E-state index in [0.29, 0.717) is 46.2 Å². The predicted molar refractivity (Wildman–Crippen MR) is 120 cm³/mol. The van der Waals surface area contributed by atoms with Crippen LogP contribution in [0.25, 0.3) is 33.4 Å². The summed E-state index contributed by atoms with van der Waals surface area (Å²) in [5, 5.41) is 5.18. The van der Waals surface area contributed by atoms with Gasteiger partial charge >= 0.3 is 0 Å². The van der Waals surface area contributed by atoms with E-state index in [9.17, 15) is 8.42 Å². The lowest BCUT2D eigenvalue weighted by molar-refractivity contribution is 0.413. The minimum atomic E-state index is -3.40. The lowest BCUT2D eigenvalue weighted by Gasteiger charge is -2.29. The number of anilines is 3. The van der Waals surface area contributed by atoms with Crippen LogP contribution in [0.5, 0.6) is 0 Å². The molecule has 0 spiro atoms. The molecule has 3 aromatic heterocycles. The first-order valence-corrected chi connectivity index (χ1v) is 11.6. The second kappa shape index (κ2) is 7.08. The van der Waals surface area contributed by atoms with Crippen LogP contribution in [0, 0.1) is 0 Å². The Hall–Kier alpha value is -3.41. The van der Waals surface area contributed by atoms with Crippen molar-refractivity contribution >= 4 is 49.8 Å². The van der Waals surface area contributed by atoms with Gasteiger partial charge in [0.15, 0.2) is 21.1 Å². The lowest BCUT2D eigenvalue weighted by atomic mass is 10.0. The van der Waals surface area contributed by atoms with Gasteiger partial charge in [0.25, 0.3) is 6.01 Å². The van der Waals surface area contributed by atoms with Crippen molar-refractivity contribution in [3.05, 3.63) is 18.2 Å². The number of fused-ring (bicyclic) bond motifs is 2. The topological polar surface area (TPSA) is 182 Å². The van der Waals surface area contributed by atoms with Crippen LogP contribution in [0.15, 0.2) is 22.6 Å². The molecule has 0 atom stereocenters. The van der Waals surface area contributed by atoms with E-state index in [1.807, 2.05) is 13.8 Å². The number of aromatic nitrogens is 5. The van der Waals surface area contributed by atoms with E-state index >= 15 is 0 Å². The van der Waals surface area contributed by atoms with Crippen LogP contribution in [0.3, 0.4) is 0 Å². The van der Waals surface area contributed by atoms with E-state index in [0.717, 1.165) is 0 Å². The van der Waals surface area contributed by atoms with Gasteiger partial charge in [-0.05, 0) is 31.0 Å². The van der Waals surface area contributed by atoms with Crippen molar-refractivity contribution in [2.75, 3.05) is 23.5 Å². The van der Waals surface area contributed by atoms with Crippen LogP contribution >= 0.6 is 0 Å². The number of oxazole rings is 1. The molecule has 0 amide bonds. The highest BCUT2D eigenvalue weighted by molar-refractivity contribution is 7.92. The molecular formula is C19H24N8O3S. The van der Waals surface area contributed by atoms with Crippen LogP contribution in [0.4, 0.5) is 17.8 Å². The first-order chi connectivity index (χ1) is 14.6. The van der Waals surface area contributed by atoms with E-state index in [1.165, 1.54) is 6.26 Å². The quantitative estimate of drug-likeness (QED) is 0.397. The average molecular weight is 445 g/mol. The summed E-state index contributed by atoms with van der Waals surface area (Å²) < 4.78 is 31.2. The normalized spacial score (nSPS) is 12.7. The molecular weight excluding hydrogens is 420 g/mol. The Kier molecular flexibility index (Phi) is 4.76. The highest BCUT2D eigenvalue weighted by Crippen LogP contribution is 2.35. The number of hydrogen-bond donors (Lipinski definition) is 3. The molecule has 0 radical (unpaired) electrons. The minimum absolute atomic E-state index is 0.0182. The van der Waals surface area contributed by atoms with E-state index in [-0.39, 0.29) is 24.3 Å². The molecule has 4 aromatic rings. The standard InChI is InChI=1S/C19H24N8O3S/c1-4-19(5-2,31(3,28)29)9-27-16-13(15(20)24-17(21)25-16)14(26-27)10-6-7-12-11(8-10)23-18(22)30-12/h6-8H,4-5,9H2,1-3H3,(H2,22,23)(H4,20,21,24,25). The fraction of sp³-hybridized carbons (Fsp3) is 0.368. The molecule has 164 valence electrons. The van der Waals surface area contributed by atoms with E-state index in [2.05, 4.69) is 15.0 Å². The number of nitrogens with zero attached hydrogens (tertiary/aromatic N) is 5. The molecule has 0 aliphatic carbocycles. The average Bonchev–Trinajstić information content (AvgIpc) is 3.24. The Morgan fingerprint density at radius 1 is 1.10 bits per heavy atom. The third-order valence-corrected chi connectivity index (χ3v) is 8.11. The van der Waals surface area contributed by atoms with Gasteiger partial charge < -0.3 is 21.6 Å². The molecule has 6 N–H and O–H groups in total. The summed E-state index contributed by atoms with van der Waals surface area (Å²) in [6, 6.07) is 5.34. The Morgan fingerprint density at radius 2 is 1.81 bits per heavy atom. The summed E-state index contributed by atoms with van der Waals surface area (Å²) in [6.45, 7) is 3.79. The zero-order chi connectivity index (χ0) is 22.6. The molecule has 4 rings (SSSR count). The molecule has 0 saturated heterocycles. The smallest absolute Gasteiger partial charge is 0.292 e. The zero-order valence-corrected chi connectivity index (χ0v) is 18.3. The maximum absolute atomic E-state index is 12.7. The highest BCUT2D eigenvalue weighted by atomic mass is 32.2. The van der Waals surface area contributed by atoms with Gasteiger partial charge in [-0.25, -0.2) is 13.1 Å². The zero-order valence-electron chi connectivity index (χ0n) is 17.5. The van der Waals surface area contributed by atoms with Crippen molar-refractivity contribution in [2.45, 2.75) is 38.0 Å². The second-order valence-corrected chi connectivity index (χ2v) is 9.98. The van der Waals surface area contributed by atoms with Crippen LogP contribution in [0.2, 0.25) is 0 Å². The van der Waals surface area contributed by atoms with E-state index < -0.39 is 14.6 Å². The number of nitrogens with two attached hydrogens (primary N) is 3. The summed E-state index contributed by atoms with van der Waals surface area (Å²) in [6.07, 6.45) is 2.08. The summed E-state index contributed by atoms with van der Waals surface area (Å²) in [5.74, 6) is 0.136. The van der Waals surface area contributed by atoms with Crippen molar-refractivity contribution in [1.29, 1.82) is 0 Å². The Labute approximate surface area is 178 Å². The number of sulfone groups is 1. The first-order valence-electron chi connectivity index (χ1n) is 9.74. The number of hydrogen-bond acceptors (Lipinski definition) is 10. The van der Waals surface area contributed by atoms with E-state index in [4.69, 9.17) is 26.7 Å². The molecule has 3 heterocycles. The third kappa shape index (κ3) is 3.32. The number of nitrogen functional groups attached to an aromatic ring is 3. The summed E-state index contributed by atoms with van der Waals surface area (Å²) >= 11 is 0.